The van der Waals surface area contributed by atoms with E-state index in [9.17, 15) is 4.79 Å². The molecule has 0 bridgehead atoms. The van der Waals surface area contributed by atoms with E-state index in [4.69, 9.17) is 9.60 Å². The van der Waals surface area contributed by atoms with Crippen molar-refractivity contribution < 1.29 is 14.4 Å². The summed E-state index contributed by atoms with van der Waals surface area (Å²) < 4.78 is 56.4. The van der Waals surface area contributed by atoms with Gasteiger partial charge < -0.3 is 9.88 Å². The van der Waals surface area contributed by atoms with E-state index in [1.165, 1.54) is 0 Å². The van der Waals surface area contributed by atoms with Crippen LogP contribution < -0.4 is 5.32 Å². The molecule has 0 aliphatic heterocycles. The van der Waals surface area contributed by atoms with E-state index in [1.54, 1.807) is 24.8 Å². The number of aryl methyl sites for hydroxylation is 1. The first-order chi connectivity index (χ1) is 15.5. The zero-order valence-electron chi connectivity index (χ0n) is 20.8. The summed E-state index contributed by atoms with van der Waals surface area (Å²) in [6.07, 6.45) is 4.98. The molecule has 2 heterocycles. The lowest BCUT2D eigenvalue weighted by Crippen LogP contribution is -2.12. The molecule has 0 aliphatic rings. The maximum Gasteiger partial charge on any atom is 0.256 e. The fourth-order valence-electron chi connectivity index (χ4n) is 2.61. The number of benzene rings is 2. The summed E-state index contributed by atoms with van der Waals surface area (Å²) >= 11 is 0. The van der Waals surface area contributed by atoms with Crippen LogP contribution in [0.25, 0.3) is 22.0 Å². The molecule has 0 saturated heterocycles. The summed E-state index contributed by atoms with van der Waals surface area (Å²) in [6.45, 7) is -2.85. The number of rotatable bonds is 3. The molecular weight excluding hydrogens is 324 g/mol. The van der Waals surface area contributed by atoms with Gasteiger partial charge in [0.25, 0.3) is 5.91 Å². The molecule has 0 fully saturated rings. The van der Waals surface area contributed by atoms with Gasteiger partial charge in [-0.3, -0.25) is 4.79 Å². The Kier molecular flexibility index (Phi) is 2.45. The standard InChI is InChI=1S/C21H18N4O/c1-14-3-5-15(6-4-14)21(26)24-20-10-18-9-16(7-8-17(18)11-23-20)19-12-22-13-25(19)2/h3-13H,1-2H3,(H,23,24,26)/i1D3,3D,4D,5D,6D. The van der Waals surface area contributed by atoms with Crippen LogP contribution in [-0.4, -0.2) is 20.4 Å². The molecule has 4 aromatic rings. The predicted octanol–water partition coefficient (Wildman–Crippen LogP) is 4.20. The van der Waals surface area contributed by atoms with Crippen molar-refractivity contribution in [1.82, 2.24) is 14.5 Å². The minimum Gasteiger partial charge on any atom is -0.334 e. The highest BCUT2D eigenvalue weighted by atomic mass is 16.1. The molecule has 0 aliphatic carbocycles. The fourth-order valence-corrected chi connectivity index (χ4v) is 2.61. The number of amides is 1. The quantitative estimate of drug-likeness (QED) is 0.603. The van der Waals surface area contributed by atoms with Crippen molar-refractivity contribution in [3.05, 3.63) is 78.3 Å². The topological polar surface area (TPSA) is 59.8 Å². The molecule has 0 radical (unpaired) electrons. The molecule has 5 heteroatoms. The van der Waals surface area contributed by atoms with E-state index >= 15 is 0 Å². The van der Waals surface area contributed by atoms with Gasteiger partial charge in [0.2, 0.25) is 0 Å². The minimum absolute atomic E-state index is 0.145. The summed E-state index contributed by atoms with van der Waals surface area (Å²) in [5, 5.41) is 4.09. The van der Waals surface area contributed by atoms with Crippen LogP contribution in [-0.2, 0) is 7.05 Å². The normalized spacial score (nSPS) is 15.2. The highest BCUT2D eigenvalue weighted by molar-refractivity contribution is 6.04. The number of hydrogen-bond acceptors (Lipinski definition) is 3. The second kappa shape index (κ2) is 6.44. The number of hydrogen-bond donors (Lipinski definition) is 1. The molecule has 0 spiro atoms. The van der Waals surface area contributed by atoms with Crippen molar-refractivity contribution in [2.24, 2.45) is 7.05 Å². The van der Waals surface area contributed by atoms with Crippen LogP contribution in [0, 0.1) is 6.85 Å². The van der Waals surface area contributed by atoms with Crippen LogP contribution in [0.4, 0.5) is 5.82 Å². The summed E-state index contributed by atoms with van der Waals surface area (Å²) in [5.41, 5.74) is 0.534. The second-order valence-corrected chi connectivity index (χ2v) is 5.73. The summed E-state index contributed by atoms with van der Waals surface area (Å²) in [4.78, 5) is 21.1. The number of carbonyl (C=O) groups excluding carboxylic acids is 1. The molecule has 2 aromatic carbocycles. The Hall–Kier alpha value is -3.47. The third kappa shape index (κ3) is 3.07. The van der Waals surface area contributed by atoms with Crippen LogP contribution in [0.15, 0.2) is 67.2 Å². The van der Waals surface area contributed by atoms with Gasteiger partial charge in [0, 0.05) is 33.9 Å². The summed E-state index contributed by atoms with van der Waals surface area (Å²) in [6, 6.07) is 4.35. The van der Waals surface area contributed by atoms with E-state index < -0.39 is 48.1 Å². The number of carbonyl (C=O) groups is 1. The molecule has 26 heavy (non-hydrogen) atoms. The average Bonchev–Trinajstić information content (AvgIpc) is 3.17. The van der Waals surface area contributed by atoms with Gasteiger partial charge in [0.05, 0.1) is 23.7 Å². The highest BCUT2D eigenvalue weighted by Crippen LogP contribution is 2.25. The van der Waals surface area contributed by atoms with Gasteiger partial charge in [-0.1, -0.05) is 29.8 Å². The van der Waals surface area contributed by atoms with E-state index in [1.807, 2.05) is 29.8 Å². The van der Waals surface area contributed by atoms with Gasteiger partial charge in [-0.25, -0.2) is 9.97 Å². The fraction of sp³-hybridized carbons (Fsp3) is 0.0952. The van der Waals surface area contributed by atoms with Crippen LogP contribution in [0.3, 0.4) is 0 Å². The number of aromatic nitrogens is 3. The van der Waals surface area contributed by atoms with Crippen molar-refractivity contribution in [3.8, 4) is 11.3 Å². The molecule has 0 saturated carbocycles. The Morgan fingerprint density at radius 3 is 2.73 bits per heavy atom. The number of fused-ring (bicyclic) bond motifs is 1. The molecule has 2 aromatic heterocycles. The monoisotopic (exact) mass is 349 g/mol. The van der Waals surface area contributed by atoms with Crippen molar-refractivity contribution in [2.75, 3.05) is 5.32 Å². The van der Waals surface area contributed by atoms with E-state index in [-0.39, 0.29) is 5.82 Å². The zero-order chi connectivity index (χ0) is 24.1. The first-order valence-electron chi connectivity index (χ1n) is 11.3. The average molecular weight is 349 g/mol. The van der Waals surface area contributed by atoms with Gasteiger partial charge in [-0.05, 0) is 36.5 Å². The third-order valence-corrected chi connectivity index (χ3v) is 3.93. The van der Waals surface area contributed by atoms with Crippen LogP contribution >= 0.6 is 0 Å². The largest absolute Gasteiger partial charge is 0.334 e. The molecule has 0 atom stereocenters. The Labute approximate surface area is 161 Å². The van der Waals surface area contributed by atoms with E-state index in [0.717, 1.165) is 22.0 Å². The lowest BCUT2D eigenvalue weighted by atomic mass is 10.1. The lowest BCUT2D eigenvalue weighted by molar-refractivity contribution is 0.102. The molecule has 128 valence electrons. The van der Waals surface area contributed by atoms with Gasteiger partial charge in [0.1, 0.15) is 5.82 Å². The van der Waals surface area contributed by atoms with Crippen molar-refractivity contribution in [2.45, 2.75) is 6.85 Å². The molecular formula is C21H18N4O. The summed E-state index contributed by atoms with van der Waals surface area (Å²) in [5.74, 6) is -0.773. The Balaban J connectivity index is 1.72. The van der Waals surface area contributed by atoms with E-state index in [0.29, 0.717) is 0 Å². The van der Waals surface area contributed by atoms with Gasteiger partial charge >= 0.3 is 0 Å². The Bertz CT molecular complexity index is 1380. The van der Waals surface area contributed by atoms with Gasteiger partial charge in [-0.2, -0.15) is 0 Å². The lowest BCUT2D eigenvalue weighted by Gasteiger charge is -2.08. The Morgan fingerprint density at radius 1 is 1.15 bits per heavy atom. The number of nitrogens with zero attached hydrogens (tertiary/aromatic N) is 3. The zero-order valence-corrected chi connectivity index (χ0v) is 13.8. The molecule has 4 rings (SSSR count). The van der Waals surface area contributed by atoms with Crippen molar-refractivity contribution in [3.63, 3.8) is 0 Å². The van der Waals surface area contributed by atoms with Crippen molar-refractivity contribution in [1.29, 1.82) is 0 Å². The van der Waals surface area contributed by atoms with Crippen molar-refractivity contribution >= 4 is 22.5 Å². The SMILES string of the molecule is [2H]c1c([2H])c(C([2H])([2H])[2H])c([2H])c([2H])c1C(=O)Nc1cc2cc(-c3cncn3C)ccc2cn1. The Morgan fingerprint density at radius 2 is 2.00 bits per heavy atom. The predicted molar refractivity (Wildman–Crippen MR) is 103 cm³/mol. The molecule has 0 unspecified atom stereocenters. The second-order valence-electron chi connectivity index (χ2n) is 5.73. The highest BCUT2D eigenvalue weighted by Gasteiger charge is 2.08. The number of pyridine rings is 1. The molecule has 5 nitrogen and oxygen atoms in total. The van der Waals surface area contributed by atoms with Crippen LogP contribution in [0.5, 0.6) is 0 Å². The van der Waals surface area contributed by atoms with E-state index in [2.05, 4.69) is 15.3 Å². The maximum absolute atomic E-state index is 12.8. The van der Waals surface area contributed by atoms with Gasteiger partial charge in [-0.15, -0.1) is 0 Å². The number of nitrogens with one attached hydrogen (secondary N) is 1. The maximum atomic E-state index is 12.8. The van der Waals surface area contributed by atoms with Crippen LogP contribution in [0.1, 0.15) is 25.5 Å². The molecule has 1 amide bonds. The van der Waals surface area contributed by atoms with Crippen LogP contribution in [0.2, 0.25) is 0 Å². The smallest absolute Gasteiger partial charge is 0.256 e. The molecule has 1 N–H and O–H groups in total. The first kappa shape index (κ1) is 9.87. The third-order valence-electron chi connectivity index (χ3n) is 3.93. The number of anilines is 1. The first-order valence-corrected chi connectivity index (χ1v) is 7.77. The summed E-state index contributed by atoms with van der Waals surface area (Å²) in [7, 11) is 1.88. The van der Waals surface area contributed by atoms with Gasteiger partial charge in [0.15, 0.2) is 0 Å². The minimum atomic E-state index is -2.85. The number of imidazole rings is 1.